The van der Waals surface area contributed by atoms with Crippen LogP contribution < -0.4 is 21.1 Å². The fourth-order valence-electron chi connectivity index (χ4n) is 1.79. The van der Waals surface area contributed by atoms with Crippen molar-refractivity contribution in [2.24, 2.45) is 5.84 Å². The van der Waals surface area contributed by atoms with Gasteiger partial charge in [0.25, 0.3) is 0 Å². The van der Waals surface area contributed by atoms with Gasteiger partial charge in [0.1, 0.15) is 0 Å². The molecule has 0 saturated carbocycles. The molecule has 0 spiro atoms. The number of nitrogens with two attached hydrogens (primary N) is 1. The lowest BCUT2D eigenvalue weighted by Crippen LogP contribution is -2.26. The van der Waals surface area contributed by atoms with Gasteiger partial charge in [-0.3, -0.25) is 5.43 Å². The molecular weight excluding hydrogens is 218 g/mol. The third-order valence-electron chi connectivity index (χ3n) is 2.95. The largest absolute Gasteiger partial charge is 0.344 e. The van der Waals surface area contributed by atoms with Crippen molar-refractivity contribution in [1.82, 2.24) is 15.0 Å². The van der Waals surface area contributed by atoms with Gasteiger partial charge in [-0.15, -0.1) is 0 Å². The van der Waals surface area contributed by atoms with Gasteiger partial charge in [-0.2, -0.15) is 15.0 Å². The molecule has 0 radical (unpaired) electrons. The number of nitrogen functional groups attached to an aromatic ring is 1. The van der Waals surface area contributed by atoms with E-state index in [4.69, 9.17) is 5.84 Å². The molecule has 2 rings (SSSR count). The molecule has 2 heterocycles. The molecule has 1 aliphatic heterocycles. The van der Waals surface area contributed by atoms with Crippen LogP contribution in [0.2, 0.25) is 0 Å². The van der Waals surface area contributed by atoms with Crippen LogP contribution in [0.3, 0.4) is 0 Å². The van der Waals surface area contributed by atoms with Crippen molar-refractivity contribution < 1.29 is 0 Å². The first-order chi connectivity index (χ1) is 8.24. The van der Waals surface area contributed by atoms with Gasteiger partial charge in [0.2, 0.25) is 17.8 Å². The molecule has 1 saturated heterocycles. The number of aromatic nitrogens is 3. The molecular formula is C10H19N7. The summed E-state index contributed by atoms with van der Waals surface area (Å²) in [6, 6.07) is 0. The highest BCUT2D eigenvalue weighted by molar-refractivity contribution is 5.44. The molecule has 3 N–H and O–H groups in total. The first-order valence-electron chi connectivity index (χ1n) is 5.93. The summed E-state index contributed by atoms with van der Waals surface area (Å²) in [5.74, 6) is 7.16. The quantitative estimate of drug-likeness (QED) is 0.572. The van der Waals surface area contributed by atoms with Gasteiger partial charge in [0, 0.05) is 26.7 Å². The Bertz CT molecular complexity index is 375. The van der Waals surface area contributed by atoms with Crippen molar-refractivity contribution in [3.05, 3.63) is 0 Å². The molecule has 94 valence electrons. The van der Waals surface area contributed by atoms with Crippen LogP contribution in [0.1, 0.15) is 19.8 Å². The smallest absolute Gasteiger partial charge is 0.243 e. The second kappa shape index (κ2) is 5.13. The fraction of sp³-hybridized carbons (Fsp3) is 0.700. The molecule has 1 aliphatic rings. The molecule has 0 aromatic carbocycles. The van der Waals surface area contributed by atoms with E-state index in [1.807, 2.05) is 11.9 Å². The minimum atomic E-state index is 0.414. The van der Waals surface area contributed by atoms with Gasteiger partial charge in [-0.1, -0.05) is 0 Å². The highest BCUT2D eigenvalue weighted by atomic mass is 15.4. The molecule has 7 heteroatoms. The topological polar surface area (TPSA) is 83.2 Å². The Hall–Kier alpha value is -1.63. The zero-order valence-electron chi connectivity index (χ0n) is 10.3. The van der Waals surface area contributed by atoms with E-state index in [0.29, 0.717) is 17.8 Å². The van der Waals surface area contributed by atoms with Crippen LogP contribution >= 0.6 is 0 Å². The summed E-state index contributed by atoms with van der Waals surface area (Å²) < 4.78 is 0. The average molecular weight is 237 g/mol. The van der Waals surface area contributed by atoms with Crippen LogP contribution in [-0.2, 0) is 0 Å². The first-order valence-corrected chi connectivity index (χ1v) is 5.93. The third kappa shape index (κ3) is 2.55. The van der Waals surface area contributed by atoms with E-state index in [1.54, 1.807) is 0 Å². The van der Waals surface area contributed by atoms with Gasteiger partial charge in [0.15, 0.2) is 0 Å². The van der Waals surface area contributed by atoms with Crippen molar-refractivity contribution in [2.75, 3.05) is 41.9 Å². The van der Waals surface area contributed by atoms with Crippen LogP contribution in [0.4, 0.5) is 17.8 Å². The van der Waals surface area contributed by atoms with Crippen molar-refractivity contribution in [3.63, 3.8) is 0 Å². The Morgan fingerprint density at radius 3 is 2.59 bits per heavy atom. The molecule has 0 bridgehead atoms. The minimum absolute atomic E-state index is 0.414. The molecule has 1 aromatic rings. The van der Waals surface area contributed by atoms with Crippen molar-refractivity contribution in [1.29, 1.82) is 0 Å². The molecule has 0 amide bonds. The lowest BCUT2D eigenvalue weighted by molar-refractivity contribution is 0.840. The first kappa shape index (κ1) is 11.8. The fourth-order valence-corrected chi connectivity index (χ4v) is 1.79. The van der Waals surface area contributed by atoms with Crippen LogP contribution in [-0.4, -0.2) is 41.6 Å². The third-order valence-corrected chi connectivity index (χ3v) is 2.95. The lowest BCUT2D eigenvalue weighted by Gasteiger charge is -2.19. The van der Waals surface area contributed by atoms with E-state index in [9.17, 15) is 0 Å². The highest BCUT2D eigenvalue weighted by Crippen LogP contribution is 2.19. The van der Waals surface area contributed by atoms with Crippen molar-refractivity contribution >= 4 is 17.8 Å². The highest BCUT2D eigenvalue weighted by Gasteiger charge is 2.17. The Morgan fingerprint density at radius 1 is 1.29 bits per heavy atom. The van der Waals surface area contributed by atoms with Gasteiger partial charge in [-0.25, -0.2) is 5.84 Å². The molecule has 0 unspecified atom stereocenters. The molecule has 7 nitrogen and oxygen atoms in total. The zero-order valence-corrected chi connectivity index (χ0v) is 10.3. The molecule has 1 fully saturated rings. The van der Waals surface area contributed by atoms with E-state index >= 15 is 0 Å². The van der Waals surface area contributed by atoms with Gasteiger partial charge >= 0.3 is 0 Å². The predicted octanol–water partition coefficient (Wildman–Crippen LogP) is 0.214. The second-order valence-electron chi connectivity index (χ2n) is 4.11. The van der Waals surface area contributed by atoms with Gasteiger partial charge in [0.05, 0.1) is 0 Å². The predicted molar refractivity (Wildman–Crippen MR) is 68.0 cm³/mol. The van der Waals surface area contributed by atoms with Crippen LogP contribution in [0.25, 0.3) is 0 Å². The normalized spacial score (nSPS) is 15.1. The Balaban J connectivity index is 2.30. The van der Waals surface area contributed by atoms with Crippen LogP contribution in [0.5, 0.6) is 0 Å². The van der Waals surface area contributed by atoms with Crippen molar-refractivity contribution in [2.45, 2.75) is 19.8 Å². The summed E-state index contributed by atoms with van der Waals surface area (Å²) in [7, 11) is 1.95. The number of hydrogen-bond donors (Lipinski definition) is 2. The number of rotatable bonds is 4. The summed E-state index contributed by atoms with van der Waals surface area (Å²) in [6.45, 7) is 4.90. The van der Waals surface area contributed by atoms with E-state index < -0.39 is 0 Å². The maximum absolute atomic E-state index is 5.39. The SMILES string of the molecule is CCN(C)c1nc(NN)nc(N2CCCC2)n1. The minimum Gasteiger partial charge on any atom is -0.344 e. The summed E-state index contributed by atoms with van der Waals surface area (Å²) in [6.07, 6.45) is 2.38. The van der Waals surface area contributed by atoms with Gasteiger partial charge in [-0.05, 0) is 19.8 Å². The summed E-state index contributed by atoms with van der Waals surface area (Å²) in [4.78, 5) is 17.1. The lowest BCUT2D eigenvalue weighted by atomic mass is 10.4. The van der Waals surface area contributed by atoms with E-state index in [1.165, 1.54) is 12.8 Å². The van der Waals surface area contributed by atoms with Crippen LogP contribution in [0.15, 0.2) is 0 Å². The number of anilines is 3. The number of nitrogens with zero attached hydrogens (tertiary/aromatic N) is 5. The number of hydrogen-bond acceptors (Lipinski definition) is 7. The van der Waals surface area contributed by atoms with E-state index in [2.05, 4.69) is 32.2 Å². The summed E-state index contributed by atoms with van der Waals surface area (Å²) in [5.41, 5.74) is 2.49. The van der Waals surface area contributed by atoms with E-state index in [0.717, 1.165) is 19.6 Å². The molecule has 17 heavy (non-hydrogen) atoms. The molecule has 0 aliphatic carbocycles. The molecule has 0 atom stereocenters. The standard InChI is InChI=1S/C10H19N7/c1-3-16(2)9-12-8(15-11)13-10(14-9)17-6-4-5-7-17/h3-7,11H2,1-2H3,(H,12,13,14,15). The maximum Gasteiger partial charge on any atom is 0.243 e. The van der Waals surface area contributed by atoms with Gasteiger partial charge < -0.3 is 9.80 Å². The zero-order chi connectivity index (χ0) is 12.3. The Morgan fingerprint density at radius 2 is 2.00 bits per heavy atom. The van der Waals surface area contributed by atoms with Crippen molar-refractivity contribution in [3.8, 4) is 0 Å². The Kier molecular flexibility index (Phi) is 3.58. The Labute approximate surface area is 101 Å². The maximum atomic E-state index is 5.39. The van der Waals surface area contributed by atoms with E-state index in [-0.39, 0.29) is 0 Å². The molecule has 1 aromatic heterocycles. The number of nitrogens with one attached hydrogen (secondary N) is 1. The number of hydrazine groups is 1. The second-order valence-corrected chi connectivity index (χ2v) is 4.11. The van der Waals surface area contributed by atoms with Crippen LogP contribution in [0, 0.1) is 0 Å². The average Bonchev–Trinajstić information content (AvgIpc) is 2.91. The summed E-state index contributed by atoms with van der Waals surface area (Å²) >= 11 is 0. The monoisotopic (exact) mass is 237 g/mol. The summed E-state index contributed by atoms with van der Waals surface area (Å²) in [5, 5.41) is 0.